The number of benzene rings is 1. The number of hydrogen-bond acceptors (Lipinski definition) is 4. The lowest BCUT2D eigenvalue weighted by Gasteiger charge is -2.32. The van der Waals surface area contributed by atoms with Gasteiger partial charge in [-0.15, -0.1) is 11.3 Å². The van der Waals surface area contributed by atoms with E-state index in [9.17, 15) is 4.79 Å². The molecule has 1 saturated heterocycles. The van der Waals surface area contributed by atoms with E-state index in [1.165, 1.54) is 5.56 Å². The van der Waals surface area contributed by atoms with Crippen LogP contribution in [0.5, 0.6) is 0 Å². The second-order valence-electron chi connectivity index (χ2n) is 7.63. The van der Waals surface area contributed by atoms with Gasteiger partial charge in [-0.1, -0.05) is 36.4 Å². The Bertz CT molecular complexity index is 932. The van der Waals surface area contributed by atoms with Crippen molar-refractivity contribution in [2.45, 2.75) is 32.2 Å². The van der Waals surface area contributed by atoms with Crippen molar-refractivity contribution in [2.24, 2.45) is 0 Å². The number of aryl methyl sites for hydroxylation is 1. The monoisotopic (exact) mass is 405 g/mol. The van der Waals surface area contributed by atoms with Crippen molar-refractivity contribution in [3.63, 3.8) is 0 Å². The topological polar surface area (TPSA) is 45.2 Å². The average molecular weight is 406 g/mol. The number of likely N-dealkylation sites (tertiary alicyclic amines) is 1. The molecule has 0 radical (unpaired) electrons. The number of rotatable bonds is 6. The van der Waals surface area contributed by atoms with Crippen LogP contribution in [0.2, 0.25) is 0 Å². The third-order valence-corrected chi connectivity index (χ3v) is 6.48. The van der Waals surface area contributed by atoms with Gasteiger partial charge in [0, 0.05) is 25.7 Å². The highest BCUT2D eigenvalue weighted by Crippen LogP contribution is 2.24. The normalized spacial score (nSPS) is 15.3. The second-order valence-corrected chi connectivity index (χ2v) is 8.58. The number of piperidine rings is 1. The Morgan fingerprint density at radius 1 is 1.10 bits per heavy atom. The largest absolute Gasteiger partial charge is 0.349 e. The van der Waals surface area contributed by atoms with Gasteiger partial charge in [-0.3, -0.25) is 9.78 Å². The summed E-state index contributed by atoms with van der Waals surface area (Å²) in [5.41, 5.74) is 3.78. The maximum absolute atomic E-state index is 12.8. The van der Waals surface area contributed by atoms with Crippen LogP contribution in [0, 0.1) is 6.92 Å². The van der Waals surface area contributed by atoms with Crippen LogP contribution in [-0.2, 0) is 6.42 Å². The zero-order valence-electron chi connectivity index (χ0n) is 16.8. The predicted octanol–water partition coefficient (Wildman–Crippen LogP) is 4.56. The van der Waals surface area contributed by atoms with Gasteiger partial charge in [-0.2, -0.15) is 0 Å². The predicted molar refractivity (Wildman–Crippen MR) is 119 cm³/mol. The Kier molecular flexibility index (Phi) is 6.37. The van der Waals surface area contributed by atoms with Gasteiger partial charge in [0.15, 0.2) is 0 Å². The molecule has 5 heteroatoms. The van der Waals surface area contributed by atoms with E-state index in [0.29, 0.717) is 5.56 Å². The van der Waals surface area contributed by atoms with Crippen molar-refractivity contribution >= 4 is 17.2 Å². The molecule has 0 spiro atoms. The summed E-state index contributed by atoms with van der Waals surface area (Å²) in [6.07, 6.45) is 3.08. The molecule has 0 saturated carbocycles. The van der Waals surface area contributed by atoms with E-state index in [-0.39, 0.29) is 11.9 Å². The minimum atomic E-state index is -0.00420. The number of thiophene rings is 1. The molecule has 0 unspecified atom stereocenters. The molecule has 3 heterocycles. The van der Waals surface area contributed by atoms with Crippen LogP contribution in [0.3, 0.4) is 0 Å². The number of nitrogens with one attached hydrogen (secondary N) is 1. The Hall–Kier alpha value is -2.50. The lowest BCUT2D eigenvalue weighted by Crippen LogP contribution is -2.45. The summed E-state index contributed by atoms with van der Waals surface area (Å²) in [5.74, 6) is -0.00420. The van der Waals surface area contributed by atoms with Crippen molar-refractivity contribution in [3.8, 4) is 10.6 Å². The number of nitrogens with zero attached hydrogens (tertiary/aromatic N) is 2. The summed E-state index contributed by atoms with van der Waals surface area (Å²) in [4.78, 5) is 21.0. The Morgan fingerprint density at radius 2 is 1.90 bits per heavy atom. The van der Waals surface area contributed by atoms with Crippen LogP contribution < -0.4 is 5.32 Å². The maximum Gasteiger partial charge on any atom is 0.253 e. The van der Waals surface area contributed by atoms with Gasteiger partial charge in [-0.25, -0.2) is 0 Å². The molecule has 29 heavy (non-hydrogen) atoms. The summed E-state index contributed by atoms with van der Waals surface area (Å²) in [5, 5.41) is 5.26. The van der Waals surface area contributed by atoms with Gasteiger partial charge >= 0.3 is 0 Å². The van der Waals surface area contributed by atoms with Crippen LogP contribution >= 0.6 is 11.3 Å². The molecule has 0 atom stereocenters. The highest BCUT2D eigenvalue weighted by molar-refractivity contribution is 7.13. The van der Waals surface area contributed by atoms with Gasteiger partial charge in [0.1, 0.15) is 0 Å². The van der Waals surface area contributed by atoms with Gasteiger partial charge in [0.2, 0.25) is 0 Å². The van der Waals surface area contributed by atoms with Gasteiger partial charge in [0.25, 0.3) is 5.91 Å². The highest BCUT2D eigenvalue weighted by Gasteiger charge is 2.22. The van der Waals surface area contributed by atoms with Crippen molar-refractivity contribution < 1.29 is 4.79 Å². The molecule has 1 aliphatic rings. The second kappa shape index (κ2) is 9.33. The van der Waals surface area contributed by atoms with Crippen LogP contribution in [0.4, 0.5) is 0 Å². The Labute approximate surface area is 176 Å². The van der Waals surface area contributed by atoms with E-state index in [1.54, 1.807) is 11.3 Å². The Balaban J connectivity index is 1.27. The first-order valence-electron chi connectivity index (χ1n) is 10.3. The van der Waals surface area contributed by atoms with E-state index < -0.39 is 0 Å². The maximum atomic E-state index is 12.8. The fourth-order valence-corrected chi connectivity index (χ4v) is 4.55. The van der Waals surface area contributed by atoms with E-state index >= 15 is 0 Å². The smallest absolute Gasteiger partial charge is 0.253 e. The molecular formula is C24H27N3OS. The van der Waals surface area contributed by atoms with Crippen LogP contribution in [0.15, 0.2) is 60.0 Å². The Morgan fingerprint density at radius 3 is 2.59 bits per heavy atom. The lowest BCUT2D eigenvalue weighted by atomic mass is 10.0. The molecule has 4 rings (SSSR count). The third kappa shape index (κ3) is 5.11. The summed E-state index contributed by atoms with van der Waals surface area (Å²) < 4.78 is 0. The number of hydrogen-bond donors (Lipinski definition) is 1. The average Bonchev–Trinajstić information content (AvgIpc) is 3.29. The summed E-state index contributed by atoms with van der Waals surface area (Å²) in [7, 11) is 0. The fraction of sp³-hybridized carbons (Fsp3) is 0.333. The first-order chi connectivity index (χ1) is 14.2. The SMILES string of the molecule is Cc1nc(-c2cccs2)ccc1C(=O)NC1CCN(CCc2ccccc2)CC1. The van der Waals surface area contributed by atoms with Gasteiger partial charge in [-0.05, 0) is 55.3 Å². The molecule has 1 aliphatic heterocycles. The summed E-state index contributed by atoms with van der Waals surface area (Å²) in [6.45, 7) is 5.06. The zero-order chi connectivity index (χ0) is 20.1. The van der Waals surface area contributed by atoms with Crippen LogP contribution in [0.1, 0.15) is 34.5 Å². The van der Waals surface area contributed by atoms with Crippen molar-refractivity contribution in [3.05, 3.63) is 76.8 Å². The minimum absolute atomic E-state index is 0.00420. The number of pyridine rings is 1. The molecule has 2 aromatic heterocycles. The number of aromatic nitrogens is 1. The minimum Gasteiger partial charge on any atom is -0.349 e. The quantitative estimate of drug-likeness (QED) is 0.654. The van der Waals surface area contributed by atoms with Crippen LogP contribution in [0.25, 0.3) is 10.6 Å². The first kappa shape index (κ1) is 19.8. The first-order valence-corrected chi connectivity index (χ1v) is 11.2. The van der Waals surface area contributed by atoms with E-state index in [0.717, 1.165) is 55.2 Å². The van der Waals surface area contributed by atoms with E-state index in [1.807, 2.05) is 30.5 Å². The molecule has 4 nitrogen and oxygen atoms in total. The van der Waals surface area contributed by atoms with E-state index in [2.05, 4.69) is 51.6 Å². The molecule has 1 fully saturated rings. The molecular weight excluding hydrogens is 378 g/mol. The molecule has 0 aliphatic carbocycles. The van der Waals surface area contributed by atoms with Gasteiger partial charge in [0.05, 0.1) is 21.8 Å². The van der Waals surface area contributed by atoms with Crippen molar-refractivity contribution in [2.75, 3.05) is 19.6 Å². The highest BCUT2D eigenvalue weighted by atomic mass is 32.1. The number of carbonyl (C=O) groups is 1. The zero-order valence-corrected chi connectivity index (χ0v) is 17.6. The molecule has 150 valence electrons. The third-order valence-electron chi connectivity index (χ3n) is 5.59. The molecule has 1 amide bonds. The molecule has 1 aromatic carbocycles. The number of amides is 1. The van der Waals surface area contributed by atoms with Crippen molar-refractivity contribution in [1.29, 1.82) is 0 Å². The fourth-order valence-electron chi connectivity index (χ4n) is 3.86. The summed E-state index contributed by atoms with van der Waals surface area (Å²) in [6, 6.07) is 18.8. The molecule has 3 aromatic rings. The number of carbonyl (C=O) groups excluding carboxylic acids is 1. The van der Waals surface area contributed by atoms with E-state index in [4.69, 9.17) is 0 Å². The molecule has 0 bridgehead atoms. The van der Waals surface area contributed by atoms with Crippen LogP contribution in [-0.4, -0.2) is 41.5 Å². The molecule has 1 N–H and O–H groups in total. The summed E-state index contributed by atoms with van der Waals surface area (Å²) >= 11 is 1.66. The lowest BCUT2D eigenvalue weighted by molar-refractivity contribution is 0.0910. The van der Waals surface area contributed by atoms with Gasteiger partial charge < -0.3 is 10.2 Å². The van der Waals surface area contributed by atoms with Crippen molar-refractivity contribution in [1.82, 2.24) is 15.2 Å². The standard InChI is InChI=1S/C24H27N3OS/c1-18-21(9-10-22(25-18)23-8-5-17-29-23)24(28)26-20-12-15-27(16-13-20)14-11-19-6-3-2-4-7-19/h2-10,17,20H,11-16H2,1H3,(H,26,28).